The predicted molar refractivity (Wildman–Crippen MR) is 118 cm³/mol. The van der Waals surface area contributed by atoms with E-state index in [4.69, 9.17) is 16.6 Å². The van der Waals surface area contributed by atoms with Gasteiger partial charge in [-0.25, -0.2) is 9.97 Å². The molecule has 0 saturated carbocycles. The van der Waals surface area contributed by atoms with Crippen LogP contribution in [-0.4, -0.2) is 21.1 Å². The summed E-state index contributed by atoms with van der Waals surface area (Å²) in [4.78, 5) is 24.1. The first-order valence-corrected chi connectivity index (χ1v) is 11.1. The molecule has 1 aliphatic heterocycles. The third kappa shape index (κ3) is 2.87. The van der Waals surface area contributed by atoms with Crippen LogP contribution in [0.25, 0.3) is 21.1 Å². The van der Waals surface area contributed by atoms with Gasteiger partial charge in [-0.3, -0.25) is 9.69 Å². The Kier molecular flexibility index (Phi) is 4.30. The average molecular weight is 426 g/mol. The van der Waals surface area contributed by atoms with Crippen LogP contribution < -0.4 is 4.90 Å². The lowest BCUT2D eigenvalue weighted by Crippen LogP contribution is -2.30. The van der Waals surface area contributed by atoms with Gasteiger partial charge in [0.2, 0.25) is 5.91 Å². The molecule has 0 radical (unpaired) electrons. The molecule has 1 fully saturated rings. The number of carbonyl (C=O) groups excluding carboxylic acids is 1. The number of nitrogens with zero attached hydrogens (tertiary/aromatic N) is 3. The second kappa shape index (κ2) is 6.72. The van der Waals surface area contributed by atoms with Gasteiger partial charge in [0.1, 0.15) is 10.5 Å². The molecule has 4 nitrogen and oxygen atoms in total. The number of thioether (sulfide) groups is 1. The first-order chi connectivity index (χ1) is 13.5. The largest absolute Gasteiger partial charge is 0.273 e. The number of para-hydroxylation sites is 1. The summed E-state index contributed by atoms with van der Waals surface area (Å²) in [5.41, 5.74) is 3.78. The van der Waals surface area contributed by atoms with Crippen LogP contribution in [0.2, 0.25) is 5.15 Å². The van der Waals surface area contributed by atoms with Crippen molar-refractivity contribution >= 4 is 66.9 Å². The minimum Gasteiger partial charge on any atom is -0.273 e. The number of hydrogen-bond donors (Lipinski definition) is 0. The Bertz CT molecular complexity index is 1240. The molecule has 4 aromatic rings. The van der Waals surface area contributed by atoms with Gasteiger partial charge < -0.3 is 0 Å². The van der Waals surface area contributed by atoms with Crippen molar-refractivity contribution in [2.24, 2.45) is 0 Å². The van der Waals surface area contributed by atoms with Crippen LogP contribution in [0.5, 0.6) is 0 Å². The maximum Gasteiger partial charge on any atom is 0.242 e. The van der Waals surface area contributed by atoms with E-state index in [0.29, 0.717) is 10.3 Å². The Labute approximate surface area is 175 Å². The quantitative estimate of drug-likeness (QED) is 0.371. The molecule has 0 spiro atoms. The van der Waals surface area contributed by atoms with E-state index in [1.54, 1.807) is 16.7 Å². The number of halogens is 1. The molecule has 1 saturated heterocycles. The number of carbonyl (C=O) groups is 1. The van der Waals surface area contributed by atoms with Crippen LogP contribution in [0.4, 0.5) is 5.13 Å². The van der Waals surface area contributed by atoms with Crippen molar-refractivity contribution in [1.82, 2.24) is 9.97 Å². The number of aryl methyl sites for hydroxylation is 1. The van der Waals surface area contributed by atoms with Crippen molar-refractivity contribution in [1.29, 1.82) is 0 Å². The number of anilines is 1. The summed E-state index contributed by atoms with van der Waals surface area (Å²) >= 11 is 9.68. The molecule has 28 heavy (non-hydrogen) atoms. The molecular formula is C21H16ClN3OS2. The maximum atomic E-state index is 13.0. The minimum atomic E-state index is -0.242. The lowest BCUT2D eigenvalue weighted by atomic mass is 10.1. The van der Waals surface area contributed by atoms with Gasteiger partial charge in [0.15, 0.2) is 5.13 Å². The van der Waals surface area contributed by atoms with E-state index >= 15 is 0 Å². The topological polar surface area (TPSA) is 46.1 Å². The smallest absolute Gasteiger partial charge is 0.242 e. The molecule has 0 N–H and O–H groups in total. The number of amides is 1. The van der Waals surface area contributed by atoms with Gasteiger partial charge in [-0.1, -0.05) is 47.2 Å². The van der Waals surface area contributed by atoms with Gasteiger partial charge in [0.05, 0.1) is 21.0 Å². The molecule has 0 aliphatic carbocycles. The van der Waals surface area contributed by atoms with Crippen molar-refractivity contribution in [3.8, 4) is 0 Å². The van der Waals surface area contributed by atoms with Gasteiger partial charge in [0, 0.05) is 10.9 Å². The minimum absolute atomic E-state index is 0.0509. The number of fused-ring (bicyclic) bond motifs is 2. The Morgan fingerprint density at radius 1 is 1.07 bits per heavy atom. The van der Waals surface area contributed by atoms with E-state index < -0.39 is 0 Å². The molecule has 3 heterocycles. The SMILES string of the molecule is Cc1ccc2nc(N3C(=O)C(C)SC3c3cc4ccccc4nc3Cl)sc2c1. The fraction of sp³-hybridized carbons (Fsp3) is 0.190. The summed E-state index contributed by atoms with van der Waals surface area (Å²) in [5.74, 6) is 0.0509. The second-order valence-electron chi connectivity index (χ2n) is 6.87. The number of rotatable bonds is 2. The summed E-state index contributed by atoms with van der Waals surface area (Å²) in [6.45, 7) is 3.99. The highest BCUT2D eigenvalue weighted by Gasteiger charge is 2.42. The highest BCUT2D eigenvalue weighted by Crippen LogP contribution is 2.48. The van der Waals surface area contributed by atoms with E-state index in [-0.39, 0.29) is 16.5 Å². The van der Waals surface area contributed by atoms with Gasteiger partial charge in [-0.2, -0.15) is 0 Å². The van der Waals surface area contributed by atoms with Crippen LogP contribution in [0.3, 0.4) is 0 Å². The number of aromatic nitrogens is 2. The Hall–Kier alpha value is -2.15. The summed E-state index contributed by atoms with van der Waals surface area (Å²) in [6.07, 6.45) is 0. The zero-order chi connectivity index (χ0) is 19.4. The lowest BCUT2D eigenvalue weighted by molar-refractivity contribution is -0.117. The van der Waals surface area contributed by atoms with Gasteiger partial charge >= 0.3 is 0 Å². The Balaban J connectivity index is 1.65. The van der Waals surface area contributed by atoms with Crippen molar-refractivity contribution in [2.45, 2.75) is 24.5 Å². The Morgan fingerprint density at radius 3 is 2.75 bits per heavy atom. The zero-order valence-electron chi connectivity index (χ0n) is 15.2. The molecule has 2 atom stereocenters. The standard InChI is InChI=1S/C21H16ClN3OS2/c1-11-7-8-16-17(9-11)28-21(24-16)25-19(26)12(2)27-20(25)14-10-13-5-3-4-6-15(13)23-18(14)22/h3-10,12,20H,1-2H3. The van der Waals surface area contributed by atoms with Crippen LogP contribution in [0.15, 0.2) is 48.5 Å². The van der Waals surface area contributed by atoms with Crippen molar-refractivity contribution < 1.29 is 4.79 Å². The van der Waals surface area contributed by atoms with Gasteiger partial charge in [0.25, 0.3) is 0 Å². The van der Waals surface area contributed by atoms with Crippen LogP contribution >= 0.6 is 34.7 Å². The molecular weight excluding hydrogens is 410 g/mol. The van der Waals surface area contributed by atoms with Crippen molar-refractivity contribution in [2.75, 3.05) is 4.90 Å². The molecule has 5 rings (SSSR count). The average Bonchev–Trinajstić information content (AvgIpc) is 3.21. The molecule has 140 valence electrons. The summed E-state index contributed by atoms with van der Waals surface area (Å²) in [5, 5.41) is 1.74. The molecule has 7 heteroatoms. The molecule has 1 aliphatic rings. The maximum absolute atomic E-state index is 13.0. The number of benzene rings is 2. The van der Waals surface area contributed by atoms with E-state index in [1.807, 2.05) is 49.4 Å². The first kappa shape index (κ1) is 17.9. The monoisotopic (exact) mass is 425 g/mol. The fourth-order valence-corrected chi connectivity index (χ4v) is 6.18. The highest BCUT2D eigenvalue weighted by atomic mass is 35.5. The van der Waals surface area contributed by atoms with Crippen LogP contribution in [-0.2, 0) is 4.79 Å². The van der Waals surface area contributed by atoms with E-state index in [0.717, 1.165) is 26.7 Å². The predicted octanol–water partition coefficient (Wildman–Crippen LogP) is 5.97. The third-order valence-electron chi connectivity index (χ3n) is 4.86. The van der Waals surface area contributed by atoms with E-state index in [1.165, 1.54) is 16.9 Å². The van der Waals surface area contributed by atoms with Gasteiger partial charge in [-0.15, -0.1) is 11.8 Å². The Morgan fingerprint density at radius 2 is 1.89 bits per heavy atom. The first-order valence-electron chi connectivity index (χ1n) is 8.92. The normalized spacial score (nSPS) is 19.8. The molecule has 1 amide bonds. The van der Waals surface area contributed by atoms with Crippen LogP contribution in [0.1, 0.15) is 23.4 Å². The summed E-state index contributed by atoms with van der Waals surface area (Å²) in [7, 11) is 0. The van der Waals surface area contributed by atoms with Crippen molar-refractivity contribution in [3.63, 3.8) is 0 Å². The number of pyridine rings is 1. The molecule has 2 aromatic heterocycles. The fourth-order valence-electron chi connectivity index (χ4n) is 3.44. The highest BCUT2D eigenvalue weighted by molar-refractivity contribution is 8.01. The summed E-state index contributed by atoms with van der Waals surface area (Å²) in [6, 6.07) is 16.1. The van der Waals surface area contributed by atoms with Crippen molar-refractivity contribution in [3.05, 3.63) is 64.8 Å². The van der Waals surface area contributed by atoms with E-state index in [9.17, 15) is 4.79 Å². The second-order valence-corrected chi connectivity index (χ2v) is 9.66. The molecule has 2 unspecified atom stereocenters. The lowest BCUT2D eigenvalue weighted by Gasteiger charge is -2.22. The molecule has 2 aromatic carbocycles. The summed E-state index contributed by atoms with van der Waals surface area (Å²) < 4.78 is 1.08. The van der Waals surface area contributed by atoms with E-state index in [2.05, 4.69) is 18.0 Å². The third-order valence-corrected chi connectivity index (χ3v) is 7.51. The number of hydrogen-bond acceptors (Lipinski definition) is 5. The zero-order valence-corrected chi connectivity index (χ0v) is 17.6. The van der Waals surface area contributed by atoms with Crippen LogP contribution in [0, 0.1) is 6.92 Å². The van der Waals surface area contributed by atoms with Gasteiger partial charge in [-0.05, 0) is 43.7 Å². The molecule has 0 bridgehead atoms. The number of thiazole rings is 1.